The van der Waals surface area contributed by atoms with E-state index in [1.165, 1.54) is 5.56 Å². The van der Waals surface area contributed by atoms with E-state index in [4.69, 9.17) is 4.74 Å². The van der Waals surface area contributed by atoms with Crippen LogP contribution in [0.4, 0.5) is 0 Å². The topological polar surface area (TPSA) is 26.3 Å². The molecule has 2 nitrogen and oxygen atoms in total. The van der Waals surface area contributed by atoms with Crippen molar-refractivity contribution in [3.8, 4) is 5.75 Å². The van der Waals surface area contributed by atoms with E-state index in [1.54, 1.807) is 7.11 Å². The standard InChI is InChI=1S/C12H19AsO2/c1-4-13(14,5-2)10-11-6-8-12(15-3)9-7-11/h6-9H,4-5,10H2,1-3H3. The summed E-state index contributed by atoms with van der Waals surface area (Å²) >= 11 is -2.60. The van der Waals surface area contributed by atoms with Gasteiger partial charge in [-0.2, -0.15) is 0 Å². The van der Waals surface area contributed by atoms with Crippen molar-refractivity contribution in [2.45, 2.75) is 29.5 Å². The average molecular weight is 270 g/mol. The zero-order valence-corrected chi connectivity index (χ0v) is 11.6. The van der Waals surface area contributed by atoms with Gasteiger partial charge in [0.2, 0.25) is 0 Å². The Kier molecular flexibility index (Phi) is 4.53. The molecule has 3 heteroatoms. The van der Waals surface area contributed by atoms with Gasteiger partial charge in [0.05, 0.1) is 0 Å². The van der Waals surface area contributed by atoms with E-state index in [1.807, 2.05) is 38.1 Å². The molecule has 1 aromatic carbocycles. The number of hydrogen-bond acceptors (Lipinski definition) is 2. The first kappa shape index (κ1) is 12.4. The van der Waals surface area contributed by atoms with Crippen molar-refractivity contribution in [1.29, 1.82) is 0 Å². The van der Waals surface area contributed by atoms with Crippen LogP contribution in [0.1, 0.15) is 19.4 Å². The van der Waals surface area contributed by atoms with Gasteiger partial charge in [0.1, 0.15) is 0 Å². The molecule has 0 bridgehead atoms. The van der Waals surface area contributed by atoms with Crippen LogP contribution < -0.4 is 4.74 Å². The molecule has 0 aliphatic carbocycles. The Bertz CT molecular complexity index is 335. The minimum absolute atomic E-state index is 0.773. The third-order valence-electron chi connectivity index (χ3n) is 2.78. The molecule has 0 saturated carbocycles. The van der Waals surface area contributed by atoms with Crippen molar-refractivity contribution < 1.29 is 8.48 Å². The van der Waals surface area contributed by atoms with Gasteiger partial charge < -0.3 is 0 Å². The summed E-state index contributed by atoms with van der Waals surface area (Å²) in [6.45, 7) is 4.07. The fraction of sp³-hybridized carbons (Fsp3) is 0.500. The molecule has 0 N–H and O–H groups in total. The summed E-state index contributed by atoms with van der Waals surface area (Å²) in [4.78, 5) is 0. The molecule has 0 heterocycles. The Morgan fingerprint density at radius 3 is 2.07 bits per heavy atom. The number of hydrogen-bond donors (Lipinski definition) is 0. The van der Waals surface area contributed by atoms with E-state index in [2.05, 4.69) is 0 Å². The van der Waals surface area contributed by atoms with Crippen molar-refractivity contribution in [3.63, 3.8) is 0 Å². The molecule has 1 aromatic rings. The van der Waals surface area contributed by atoms with Crippen LogP contribution in [-0.4, -0.2) is 20.6 Å². The second-order valence-electron chi connectivity index (χ2n) is 3.70. The summed E-state index contributed by atoms with van der Waals surface area (Å²) in [5, 5.41) is 2.47. The van der Waals surface area contributed by atoms with Crippen LogP contribution in [0.2, 0.25) is 10.4 Å². The van der Waals surface area contributed by atoms with Crippen LogP contribution in [0.5, 0.6) is 5.75 Å². The molecule has 1 rings (SSSR count). The summed E-state index contributed by atoms with van der Waals surface area (Å²) in [5.41, 5.74) is 1.17. The second kappa shape index (κ2) is 5.46. The van der Waals surface area contributed by atoms with Gasteiger partial charge in [0.15, 0.2) is 0 Å². The van der Waals surface area contributed by atoms with Gasteiger partial charge >= 0.3 is 94.1 Å². The Balaban J connectivity index is 2.76. The van der Waals surface area contributed by atoms with E-state index in [9.17, 15) is 3.74 Å². The van der Waals surface area contributed by atoms with E-state index in [0.29, 0.717) is 0 Å². The third-order valence-corrected chi connectivity index (χ3v) is 9.59. The first-order chi connectivity index (χ1) is 7.13. The molecule has 0 aromatic heterocycles. The number of methoxy groups -OCH3 is 1. The minimum atomic E-state index is -2.60. The maximum absolute atomic E-state index is 12.3. The van der Waals surface area contributed by atoms with Crippen molar-refractivity contribution in [2.75, 3.05) is 7.11 Å². The summed E-state index contributed by atoms with van der Waals surface area (Å²) in [5.74, 6) is 0.855. The van der Waals surface area contributed by atoms with Crippen LogP contribution in [0.3, 0.4) is 0 Å². The monoisotopic (exact) mass is 270 g/mol. The van der Waals surface area contributed by atoms with E-state index >= 15 is 0 Å². The second-order valence-corrected chi connectivity index (χ2v) is 11.5. The van der Waals surface area contributed by atoms with Gasteiger partial charge in [0.25, 0.3) is 0 Å². The quantitative estimate of drug-likeness (QED) is 0.768. The Hall–Kier alpha value is -0.622. The predicted octanol–water partition coefficient (Wildman–Crippen LogP) is 3.19. The molecule has 0 unspecified atom stereocenters. The van der Waals surface area contributed by atoms with Crippen molar-refractivity contribution in [1.82, 2.24) is 0 Å². The van der Waals surface area contributed by atoms with Gasteiger partial charge in [0, 0.05) is 0 Å². The Labute approximate surface area is 94.3 Å². The third kappa shape index (κ3) is 3.46. The van der Waals surface area contributed by atoms with Crippen LogP contribution in [0.25, 0.3) is 0 Å². The molecule has 0 fully saturated rings. The van der Waals surface area contributed by atoms with Gasteiger partial charge in [-0.1, -0.05) is 0 Å². The van der Waals surface area contributed by atoms with E-state index in [-0.39, 0.29) is 0 Å². The van der Waals surface area contributed by atoms with Gasteiger partial charge in [-0.25, -0.2) is 0 Å². The number of rotatable bonds is 5. The van der Waals surface area contributed by atoms with Crippen LogP contribution in [-0.2, 0) is 8.95 Å². The molecular formula is C12H19AsO2. The van der Waals surface area contributed by atoms with E-state index in [0.717, 1.165) is 21.4 Å². The van der Waals surface area contributed by atoms with E-state index < -0.39 is 13.5 Å². The molecule has 0 saturated heterocycles. The van der Waals surface area contributed by atoms with Crippen LogP contribution in [0, 0.1) is 0 Å². The number of ether oxygens (including phenoxy) is 1. The predicted molar refractivity (Wildman–Crippen MR) is 64.1 cm³/mol. The summed E-state index contributed by atoms with van der Waals surface area (Å²) < 4.78 is 17.4. The summed E-state index contributed by atoms with van der Waals surface area (Å²) in [6, 6.07) is 7.89. The fourth-order valence-corrected chi connectivity index (χ4v) is 5.23. The molecule has 0 spiro atoms. The van der Waals surface area contributed by atoms with Gasteiger partial charge in [-0.05, 0) is 0 Å². The molecule has 0 aliphatic heterocycles. The number of benzene rings is 1. The molecule has 0 aliphatic rings. The Morgan fingerprint density at radius 2 is 1.67 bits per heavy atom. The molecule has 84 valence electrons. The van der Waals surface area contributed by atoms with Gasteiger partial charge in [-0.15, -0.1) is 0 Å². The maximum atomic E-state index is 12.3. The molecule has 0 radical (unpaired) electrons. The first-order valence-corrected chi connectivity index (χ1v) is 10.1. The average Bonchev–Trinajstić information content (AvgIpc) is 2.30. The fourth-order valence-electron chi connectivity index (χ4n) is 1.51. The first-order valence-electron chi connectivity index (χ1n) is 5.33. The molecule has 0 atom stereocenters. The summed E-state index contributed by atoms with van der Waals surface area (Å²) in [7, 11) is 1.65. The molecular weight excluding hydrogens is 251 g/mol. The van der Waals surface area contributed by atoms with Crippen LogP contribution in [0.15, 0.2) is 24.3 Å². The molecule has 15 heavy (non-hydrogen) atoms. The SMILES string of the molecule is CC[As](=O)(CC)Cc1ccc(OC)cc1. The van der Waals surface area contributed by atoms with Crippen molar-refractivity contribution >= 4 is 13.5 Å². The van der Waals surface area contributed by atoms with Crippen molar-refractivity contribution in [3.05, 3.63) is 29.8 Å². The molecule has 0 amide bonds. The zero-order valence-electron chi connectivity index (χ0n) is 9.69. The normalized spacial score (nSPS) is 11.4. The van der Waals surface area contributed by atoms with Crippen molar-refractivity contribution in [2.24, 2.45) is 0 Å². The Morgan fingerprint density at radius 1 is 1.13 bits per heavy atom. The zero-order chi connectivity index (χ0) is 11.3. The van der Waals surface area contributed by atoms with Gasteiger partial charge in [-0.3, -0.25) is 0 Å². The summed E-state index contributed by atoms with van der Waals surface area (Å²) in [6.07, 6.45) is 0. The van der Waals surface area contributed by atoms with Crippen LogP contribution >= 0.6 is 0 Å².